The number of benzene rings is 2. The third-order valence-electron chi connectivity index (χ3n) is 3.77. The van der Waals surface area contributed by atoms with Crippen molar-refractivity contribution in [3.8, 4) is 5.75 Å². The van der Waals surface area contributed by atoms with Gasteiger partial charge in [0, 0.05) is 23.7 Å². The number of nitrogens with zero attached hydrogens (tertiary/aromatic N) is 1. The van der Waals surface area contributed by atoms with Crippen LogP contribution in [0.5, 0.6) is 5.75 Å². The van der Waals surface area contributed by atoms with Crippen molar-refractivity contribution in [2.24, 2.45) is 0 Å². The molecule has 0 atom stereocenters. The first-order chi connectivity index (χ1) is 11.5. The molecule has 0 saturated heterocycles. The minimum atomic E-state index is -0.478. The average Bonchev–Trinajstić information content (AvgIpc) is 2.59. The Morgan fingerprint density at radius 1 is 1.25 bits per heavy atom. The van der Waals surface area contributed by atoms with Crippen LogP contribution in [0.15, 0.2) is 42.5 Å². The standard InChI is InChI=1S/C18H20N2O4/c1-13-9-10-15(12-16(13)20(22)23)18(21)19-11-5-7-14-6-3-4-8-17(14)24-2/h3-4,6,8-10,12H,5,7,11H2,1-2H3,(H,19,21). The third-order valence-corrected chi connectivity index (χ3v) is 3.77. The van der Waals surface area contributed by atoms with E-state index in [2.05, 4.69) is 5.32 Å². The highest BCUT2D eigenvalue weighted by atomic mass is 16.6. The van der Waals surface area contributed by atoms with E-state index >= 15 is 0 Å². The largest absolute Gasteiger partial charge is 0.496 e. The normalized spacial score (nSPS) is 10.2. The summed E-state index contributed by atoms with van der Waals surface area (Å²) in [5.41, 5.74) is 1.87. The van der Waals surface area contributed by atoms with Crippen LogP contribution in [-0.4, -0.2) is 24.5 Å². The number of carbonyl (C=O) groups is 1. The number of hydrogen-bond acceptors (Lipinski definition) is 4. The Labute approximate surface area is 140 Å². The highest BCUT2D eigenvalue weighted by molar-refractivity contribution is 5.94. The minimum Gasteiger partial charge on any atom is -0.496 e. The molecule has 6 heteroatoms. The maximum Gasteiger partial charge on any atom is 0.273 e. The van der Waals surface area contributed by atoms with E-state index in [1.807, 2.05) is 24.3 Å². The number of aryl methyl sites for hydroxylation is 2. The van der Waals surface area contributed by atoms with E-state index in [-0.39, 0.29) is 11.6 Å². The molecule has 0 aromatic heterocycles. The van der Waals surface area contributed by atoms with Crippen LogP contribution in [-0.2, 0) is 6.42 Å². The molecule has 0 aliphatic rings. The van der Waals surface area contributed by atoms with Crippen LogP contribution in [0, 0.1) is 17.0 Å². The summed E-state index contributed by atoms with van der Waals surface area (Å²) in [4.78, 5) is 22.6. The van der Waals surface area contributed by atoms with E-state index < -0.39 is 4.92 Å². The SMILES string of the molecule is COc1ccccc1CCCNC(=O)c1ccc(C)c([N+](=O)[O-])c1. The molecule has 24 heavy (non-hydrogen) atoms. The smallest absolute Gasteiger partial charge is 0.273 e. The molecule has 0 unspecified atom stereocenters. The van der Waals surface area contributed by atoms with Crippen molar-refractivity contribution >= 4 is 11.6 Å². The maximum atomic E-state index is 12.1. The molecule has 1 N–H and O–H groups in total. The second-order valence-electron chi connectivity index (χ2n) is 5.43. The Morgan fingerprint density at radius 2 is 2.00 bits per heavy atom. The van der Waals surface area contributed by atoms with Gasteiger partial charge >= 0.3 is 0 Å². The van der Waals surface area contributed by atoms with E-state index in [0.717, 1.165) is 24.2 Å². The summed E-state index contributed by atoms with van der Waals surface area (Å²) in [6.45, 7) is 2.13. The summed E-state index contributed by atoms with van der Waals surface area (Å²) in [6.07, 6.45) is 1.53. The Morgan fingerprint density at radius 3 is 2.71 bits per heavy atom. The van der Waals surface area contributed by atoms with Gasteiger partial charge in [-0.2, -0.15) is 0 Å². The molecule has 2 aromatic carbocycles. The fourth-order valence-corrected chi connectivity index (χ4v) is 2.44. The Bertz CT molecular complexity index is 744. The molecule has 1 amide bonds. The maximum absolute atomic E-state index is 12.1. The zero-order valence-corrected chi connectivity index (χ0v) is 13.7. The van der Waals surface area contributed by atoms with Gasteiger partial charge in [-0.1, -0.05) is 24.3 Å². The van der Waals surface area contributed by atoms with Gasteiger partial charge in [-0.3, -0.25) is 14.9 Å². The van der Waals surface area contributed by atoms with Gasteiger partial charge in [0.05, 0.1) is 12.0 Å². The number of para-hydroxylation sites is 1. The summed E-state index contributed by atoms with van der Waals surface area (Å²) in [6, 6.07) is 12.2. The van der Waals surface area contributed by atoms with Crippen molar-refractivity contribution < 1.29 is 14.5 Å². The summed E-state index contributed by atoms with van der Waals surface area (Å²) >= 11 is 0. The molecule has 6 nitrogen and oxygen atoms in total. The summed E-state index contributed by atoms with van der Waals surface area (Å²) in [5.74, 6) is 0.524. The lowest BCUT2D eigenvalue weighted by atomic mass is 10.1. The van der Waals surface area contributed by atoms with Crippen molar-refractivity contribution in [1.29, 1.82) is 0 Å². The molecule has 0 saturated carbocycles. The van der Waals surface area contributed by atoms with E-state index in [4.69, 9.17) is 4.74 Å². The van der Waals surface area contributed by atoms with Crippen LogP contribution in [0.2, 0.25) is 0 Å². The number of nitro benzene ring substituents is 1. The van der Waals surface area contributed by atoms with Gasteiger partial charge in [0.15, 0.2) is 0 Å². The molecule has 0 fully saturated rings. The molecule has 0 heterocycles. The second kappa shape index (κ2) is 8.10. The molecular weight excluding hydrogens is 308 g/mol. The van der Waals surface area contributed by atoms with Gasteiger partial charge in [-0.15, -0.1) is 0 Å². The van der Waals surface area contributed by atoms with Crippen molar-refractivity contribution in [1.82, 2.24) is 5.32 Å². The second-order valence-corrected chi connectivity index (χ2v) is 5.43. The van der Waals surface area contributed by atoms with Gasteiger partial charge in [0.1, 0.15) is 5.75 Å². The zero-order valence-electron chi connectivity index (χ0n) is 13.7. The lowest BCUT2D eigenvalue weighted by molar-refractivity contribution is -0.385. The number of carbonyl (C=O) groups excluding carboxylic acids is 1. The van der Waals surface area contributed by atoms with Crippen molar-refractivity contribution in [3.63, 3.8) is 0 Å². The Hall–Kier alpha value is -2.89. The van der Waals surface area contributed by atoms with E-state index in [0.29, 0.717) is 17.7 Å². The quantitative estimate of drug-likeness (QED) is 0.480. The Balaban J connectivity index is 1.90. The number of hydrogen-bond donors (Lipinski definition) is 1. The summed E-state index contributed by atoms with van der Waals surface area (Å²) < 4.78 is 5.29. The predicted molar refractivity (Wildman–Crippen MR) is 91.5 cm³/mol. The van der Waals surface area contributed by atoms with E-state index in [9.17, 15) is 14.9 Å². The van der Waals surface area contributed by atoms with Gasteiger partial charge in [0.25, 0.3) is 11.6 Å². The van der Waals surface area contributed by atoms with Crippen LogP contribution >= 0.6 is 0 Å². The van der Waals surface area contributed by atoms with Gasteiger partial charge in [0.2, 0.25) is 0 Å². The van der Waals surface area contributed by atoms with Crippen LogP contribution in [0.25, 0.3) is 0 Å². The average molecular weight is 328 g/mol. The number of nitro groups is 1. The highest BCUT2D eigenvalue weighted by Gasteiger charge is 2.14. The fraction of sp³-hybridized carbons (Fsp3) is 0.278. The molecule has 2 aromatic rings. The number of amides is 1. The first kappa shape index (κ1) is 17.5. The molecular formula is C18H20N2O4. The van der Waals surface area contributed by atoms with Crippen LogP contribution in [0.4, 0.5) is 5.69 Å². The van der Waals surface area contributed by atoms with Crippen molar-refractivity contribution in [3.05, 3.63) is 69.3 Å². The third kappa shape index (κ3) is 4.32. The fourth-order valence-electron chi connectivity index (χ4n) is 2.44. The summed E-state index contributed by atoms with van der Waals surface area (Å²) in [5, 5.41) is 13.7. The predicted octanol–water partition coefficient (Wildman–Crippen LogP) is 3.27. The topological polar surface area (TPSA) is 81.5 Å². The van der Waals surface area contributed by atoms with Gasteiger partial charge in [-0.05, 0) is 37.5 Å². The van der Waals surface area contributed by atoms with Gasteiger partial charge < -0.3 is 10.1 Å². The number of ether oxygens (including phenoxy) is 1. The first-order valence-electron chi connectivity index (χ1n) is 7.68. The lowest BCUT2D eigenvalue weighted by Crippen LogP contribution is -2.24. The summed E-state index contributed by atoms with van der Waals surface area (Å²) in [7, 11) is 1.63. The van der Waals surface area contributed by atoms with E-state index in [1.165, 1.54) is 6.07 Å². The molecule has 0 bridgehead atoms. The van der Waals surface area contributed by atoms with Gasteiger partial charge in [-0.25, -0.2) is 0 Å². The number of nitrogens with one attached hydrogen (secondary N) is 1. The number of methoxy groups -OCH3 is 1. The molecule has 2 rings (SSSR count). The lowest BCUT2D eigenvalue weighted by Gasteiger charge is -2.09. The van der Waals surface area contributed by atoms with Crippen LogP contribution in [0.3, 0.4) is 0 Å². The Kier molecular flexibility index (Phi) is 5.89. The van der Waals surface area contributed by atoms with E-state index in [1.54, 1.807) is 26.2 Å². The molecule has 0 aliphatic heterocycles. The first-order valence-corrected chi connectivity index (χ1v) is 7.68. The molecule has 0 spiro atoms. The monoisotopic (exact) mass is 328 g/mol. The van der Waals surface area contributed by atoms with Crippen LogP contribution < -0.4 is 10.1 Å². The van der Waals surface area contributed by atoms with Crippen LogP contribution in [0.1, 0.15) is 27.9 Å². The zero-order chi connectivity index (χ0) is 17.5. The molecule has 126 valence electrons. The minimum absolute atomic E-state index is 0.0447. The molecule has 0 aliphatic carbocycles. The molecule has 0 radical (unpaired) electrons. The number of rotatable bonds is 7. The highest BCUT2D eigenvalue weighted by Crippen LogP contribution is 2.20. The van der Waals surface area contributed by atoms with Crippen molar-refractivity contribution in [2.45, 2.75) is 19.8 Å². The van der Waals surface area contributed by atoms with Crippen molar-refractivity contribution in [2.75, 3.05) is 13.7 Å².